The molecule has 1 atom stereocenters. The van der Waals surface area contributed by atoms with E-state index in [9.17, 15) is 0 Å². The van der Waals surface area contributed by atoms with Crippen LogP contribution in [0.5, 0.6) is 0 Å². The fourth-order valence-electron chi connectivity index (χ4n) is 1.24. The Hall–Kier alpha value is -0.250. The average Bonchev–Trinajstić information content (AvgIpc) is 2.73. The molecule has 2 aromatic rings. The number of rotatable bonds is 2. The first-order chi connectivity index (χ1) is 6.68. The molecule has 0 bridgehead atoms. The number of thiophene rings is 1. The minimum atomic E-state index is -0.123. The van der Waals surface area contributed by atoms with Crippen molar-refractivity contribution in [3.8, 4) is 0 Å². The van der Waals surface area contributed by atoms with E-state index in [1.807, 2.05) is 6.07 Å². The van der Waals surface area contributed by atoms with Gasteiger partial charge < -0.3 is 4.42 Å². The second-order valence-electron chi connectivity index (χ2n) is 2.99. The molecule has 0 amide bonds. The maximum atomic E-state index is 6.31. The van der Waals surface area contributed by atoms with Crippen molar-refractivity contribution in [3.05, 3.63) is 44.4 Å². The summed E-state index contributed by atoms with van der Waals surface area (Å²) >= 11 is 11.5. The fourth-order valence-corrected chi connectivity index (χ4v) is 3.64. The zero-order valence-corrected chi connectivity index (χ0v) is 10.6. The Kier molecular flexibility index (Phi) is 3.00. The lowest BCUT2D eigenvalue weighted by molar-refractivity contribution is 0.564. The fraction of sp³-hybridized carbons (Fsp3) is 0.200. The Morgan fingerprint density at radius 2 is 2.36 bits per heavy atom. The first-order valence-electron chi connectivity index (χ1n) is 4.10. The van der Waals surface area contributed by atoms with Gasteiger partial charge in [-0.25, -0.2) is 0 Å². The van der Waals surface area contributed by atoms with Crippen LogP contribution in [0.3, 0.4) is 0 Å². The molecule has 74 valence electrons. The van der Waals surface area contributed by atoms with Crippen LogP contribution in [0, 0.1) is 6.92 Å². The van der Waals surface area contributed by atoms with Gasteiger partial charge in [0, 0.05) is 19.8 Å². The summed E-state index contributed by atoms with van der Waals surface area (Å²) in [7, 11) is 0. The molecule has 0 radical (unpaired) electrons. The SMILES string of the molecule is Cc1cc(Br)c(C(Cl)c2ccoc2)s1. The summed E-state index contributed by atoms with van der Waals surface area (Å²) in [6, 6.07) is 3.97. The van der Waals surface area contributed by atoms with Crippen LogP contribution in [0.25, 0.3) is 0 Å². The highest BCUT2D eigenvalue weighted by Gasteiger charge is 2.17. The molecule has 0 saturated carbocycles. The van der Waals surface area contributed by atoms with Crippen LogP contribution in [0.2, 0.25) is 0 Å². The molecule has 0 saturated heterocycles. The number of furan rings is 1. The molecule has 0 spiro atoms. The second kappa shape index (κ2) is 4.09. The van der Waals surface area contributed by atoms with E-state index in [1.54, 1.807) is 23.9 Å². The Morgan fingerprint density at radius 3 is 2.86 bits per heavy atom. The lowest BCUT2D eigenvalue weighted by Gasteiger charge is -2.04. The maximum absolute atomic E-state index is 6.31. The predicted molar refractivity (Wildman–Crippen MR) is 63.2 cm³/mol. The lowest BCUT2D eigenvalue weighted by Crippen LogP contribution is -1.87. The zero-order chi connectivity index (χ0) is 10.1. The van der Waals surface area contributed by atoms with Gasteiger partial charge in [-0.05, 0) is 35.0 Å². The summed E-state index contributed by atoms with van der Waals surface area (Å²) in [6.45, 7) is 2.07. The highest BCUT2D eigenvalue weighted by atomic mass is 79.9. The van der Waals surface area contributed by atoms with E-state index in [0.29, 0.717) is 0 Å². The van der Waals surface area contributed by atoms with Gasteiger partial charge in [0.15, 0.2) is 0 Å². The highest BCUT2D eigenvalue weighted by molar-refractivity contribution is 9.10. The monoisotopic (exact) mass is 290 g/mol. The third kappa shape index (κ3) is 1.90. The minimum absolute atomic E-state index is 0.123. The molecule has 1 nitrogen and oxygen atoms in total. The third-order valence-corrected chi connectivity index (χ3v) is 4.54. The van der Waals surface area contributed by atoms with Crippen molar-refractivity contribution in [2.45, 2.75) is 12.3 Å². The van der Waals surface area contributed by atoms with Gasteiger partial charge in [-0.1, -0.05) is 0 Å². The van der Waals surface area contributed by atoms with Crippen LogP contribution < -0.4 is 0 Å². The van der Waals surface area contributed by atoms with E-state index in [2.05, 4.69) is 28.9 Å². The van der Waals surface area contributed by atoms with Gasteiger partial charge in [-0.2, -0.15) is 0 Å². The molecular formula is C10H8BrClOS. The molecule has 0 N–H and O–H groups in total. The Balaban J connectivity index is 2.36. The highest BCUT2D eigenvalue weighted by Crippen LogP contribution is 2.39. The van der Waals surface area contributed by atoms with Crippen LogP contribution in [-0.2, 0) is 0 Å². The minimum Gasteiger partial charge on any atom is -0.472 e. The van der Waals surface area contributed by atoms with Gasteiger partial charge in [-0.3, -0.25) is 0 Å². The Labute approximate surface area is 99.8 Å². The number of halogens is 2. The van der Waals surface area contributed by atoms with Gasteiger partial charge >= 0.3 is 0 Å². The summed E-state index contributed by atoms with van der Waals surface area (Å²) in [4.78, 5) is 2.38. The molecule has 0 aliphatic rings. The Morgan fingerprint density at radius 1 is 1.57 bits per heavy atom. The van der Waals surface area contributed by atoms with E-state index in [-0.39, 0.29) is 5.38 Å². The van der Waals surface area contributed by atoms with E-state index in [4.69, 9.17) is 16.0 Å². The van der Waals surface area contributed by atoms with E-state index in [1.165, 1.54) is 4.88 Å². The van der Waals surface area contributed by atoms with Crippen molar-refractivity contribution in [2.24, 2.45) is 0 Å². The van der Waals surface area contributed by atoms with E-state index >= 15 is 0 Å². The molecule has 4 heteroatoms. The number of alkyl halides is 1. The molecule has 0 aliphatic carbocycles. The largest absolute Gasteiger partial charge is 0.472 e. The summed E-state index contributed by atoms with van der Waals surface area (Å²) in [5.41, 5.74) is 0.995. The standard InChI is InChI=1S/C10H8BrClOS/c1-6-4-8(11)10(14-6)9(12)7-2-3-13-5-7/h2-5,9H,1H3. The summed E-state index contributed by atoms with van der Waals surface area (Å²) in [5, 5.41) is -0.123. The van der Waals surface area contributed by atoms with Gasteiger partial charge in [0.25, 0.3) is 0 Å². The number of hydrogen-bond acceptors (Lipinski definition) is 2. The van der Waals surface area contributed by atoms with Crippen LogP contribution in [0.4, 0.5) is 0 Å². The lowest BCUT2D eigenvalue weighted by atomic mass is 10.2. The van der Waals surface area contributed by atoms with Crippen LogP contribution in [0.15, 0.2) is 33.5 Å². The second-order valence-corrected chi connectivity index (χ2v) is 5.57. The van der Waals surface area contributed by atoms with Crippen molar-refractivity contribution in [3.63, 3.8) is 0 Å². The van der Waals surface area contributed by atoms with E-state index in [0.717, 1.165) is 14.9 Å². The van der Waals surface area contributed by atoms with Gasteiger partial charge in [0.05, 0.1) is 17.9 Å². The Bertz CT molecular complexity index is 421. The normalized spacial score (nSPS) is 13.1. The molecule has 2 rings (SSSR count). The van der Waals surface area contributed by atoms with Crippen LogP contribution >= 0.6 is 38.9 Å². The summed E-state index contributed by atoms with van der Waals surface area (Å²) < 4.78 is 6.08. The van der Waals surface area contributed by atoms with Crippen molar-refractivity contribution in [1.29, 1.82) is 0 Å². The maximum Gasteiger partial charge on any atom is 0.0970 e. The number of aryl methyl sites for hydroxylation is 1. The molecule has 2 heterocycles. The van der Waals surface area contributed by atoms with Crippen molar-refractivity contribution in [2.75, 3.05) is 0 Å². The topological polar surface area (TPSA) is 13.1 Å². The van der Waals surface area contributed by atoms with E-state index < -0.39 is 0 Å². The number of hydrogen-bond donors (Lipinski definition) is 0. The van der Waals surface area contributed by atoms with Crippen molar-refractivity contribution < 1.29 is 4.42 Å². The molecule has 0 fully saturated rings. The molecule has 2 aromatic heterocycles. The average molecular weight is 292 g/mol. The van der Waals surface area contributed by atoms with Crippen molar-refractivity contribution >= 4 is 38.9 Å². The molecule has 1 unspecified atom stereocenters. The molecule has 14 heavy (non-hydrogen) atoms. The quantitative estimate of drug-likeness (QED) is 0.728. The first-order valence-corrected chi connectivity index (χ1v) is 6.15. The molecule has 0 aromatic carbocycles. The zero-order valence-electron chi connectivity index (χ0n) is 7.46. The van der Waals surface area contributed by atoms with Gasteiger partial charge in [0.1, 0.15) is 0 Å². The van der Waals surface area contributed by atoms with Gasteiger partial charge in [0.2, 0.25) is 0 Å². The van der Waals surface area contributed by atoms with Gasteiger partial charge in [-0.15, -0.1) is 22.9 Å². The summed E-state index contributed by atoms with van der Waals surface area (Å²) in [6.07, 6.45) is 3.32. The first kappa shape index (κ1) is 10.3. The molecule has 0 aliphatic heterocycles. The van der Waals surface area contributed by atoms with Crippen molar-refractivity contribution in [1.82, 2.24) is 0 Å². The smallest absolute Gasteiger partial charge is 0.0970 e. The third-order valence-electron chi connectivity index (χ3n) is 1.90. The predicted octanol–water partition coefficient (Wildman–Crippen LogP) is 4.74. The van der Waals surface area contributed by atoms with Crippen LogP contribution in [-0.4, -0.2) is 0 Å². The van der Waals surface area contributed by atoms with Crippen LogP contribution in [0.1, 0.15) is 20.7 Å². The molecular weight excluding hydrogens is 284 g/mol. The summed E-state index contributed by atoms with van der Waals surface area (Å²) in [5.74, 6) is 0.